The van der Waals surface area contributed by atoms with Gasteiger partial charge in [-0.2, -0.15) is 0 Å². The molecule has 7 nitrogen and oxygen atoms in total. The van der Waals surface area contributed by atoms with Crippen LogP contribution in [0.2, 0.25) is 0 Å². The van der Waals surface area contributed by atoms with Gasteiger partial charge < -0.3 is 24.6 Å². The van der Waals surface area contributed by atoms with Crippen molar-refractivity contribution in [3.63, 3.8) is 0 Å². The molecular formula is C17H31N3O4. The fourth-order valence-electron chi connectivity index (χ4n) is 2.93. The molecule has 1 N–H and O–H groups in total. The lowest BCUT2D eigenvalue weighted by Crippen LogP contribution is -2.78. The number of likely N-dealkylation sites (tertiary alicyclic amines) is 1. The molecule has 7 heteroatoms. The summed E-state index contributed by atoms with van der Waals surface area (Å²) in [6, 6.07) is 0.0565. The molecule has 2 amide bonds. The van der Waals surface area contributed by atoms with Crippen LogP contribution in [0.4, 0.5) is 9.59 Å². The standard InChI is InChI=1S/C17H31N3O4/c1-12-8-18-17(11-20(12)14(22)24-16(5,6)7)9-19(10-17)13(21)23-15(2,3)4/h12,18H,8-11H2,1-7H3. The van der Waals surface area contributed by atoms with Gasteiger partial charge in [0.25, 0.3) is 0 Å². The van der Waals surface area contributed by atoms with Gasteiger partial charge in [0.1, 0.15) is 11.2 Å². The first-order valence-electron chi connectivity index (χ1n) is 8.53. The highest BCUT2D eigenvalue weighted by atomic mass is 16.6. The van der Waals surface area contributed by atoms with Crippen molar-refractivity contribution in [3.05, 3.63) is 0 Å². The average molecular weight is 341 g/mol. The van der Waals surface area contributed by atoms with Gasteiger partial charge in [0.15, 0.2) is 0 Å². The van der Waals surface area contributed by atoms with Crippen LogP contribution in [0.5, 0.6) is 0 Å². The molecular weight excluding hydrogens is 310 g/mol. The summed E-state index contributed by atoms with van der Waals surface area (Å²) >= 11 is 0. The van der Waals surface area contributed by atoms with E-state index in [2.05, 4.69) is 5.32 Å². The Balaban J connectivity index is 1.95. The summed E-state index contributed by atoms with van der Waals surface area (Å²) in [5.41, 5.74) is -1.28. The van der Waals surface area contributed by atoms with E-state index >= 15 is 0 Å². The van der Waals surface area contributed by atoms with E-state index in [0.29, 0.717) is 26.2 Å². The molecule has 2 heterocycles. The summed E-state index contributed by atoms with van der Waals surface area (Å²) in [5.74, 6) is 0. The van der Waals surface area contributed by atoms with Gasteiger partial charge in [-0.15, -0.1) is 0 Å². The predicted molar refractivity (Wildman–Crippen MR) is 90.9 cm³/mol. The van der Waals surface area contributed by atoms with Crippen LogP contribution in [-0.2, 0) is 9.47 Å². The van der Waals surface area contributed by atoms with Crippen LogP contribution >= 0.6 is 0 Å². The first kappa shape index (κ1) is 18.8. The van der Waals surface area contributed by atoms with Crippen molar-refractivity contribution in [1.82, 2.24) is 15.1 Å². The summed E-state index contributed by atoms with van der Waals surface area (Å²) in [5, 5.41) is 3.48. The second-order valence-corrected chi connectivity index (χ2v) is 8.95. The molecule has 0 bridgehead atoms. The molecule has 0 aliphatic carbocycles. The number of hydrogen-bond acceptors (Lipinski definition) is 5. The van der Waals surface area contributed by atoms with Crippen LogP contribution in [0.3, 0.4) is 0 Å². The third-order valence-electron chi connectivity index (χ3n) is 4.04. The monoisotopic (exact) mass is 341 g/mol. The second-order valence-electron chi connectivity index (χ2n) is 8.95. The number of ether oxygens (including phenoxy) is 2. The first-order valence-corrected chi connectivity index (χ1v) is 8.53. The first-order chi connectivity index (χ1) is 10.8. The number of nitrogens with one attached hydrogen (secondary N) is 1. The normalized spacial score (nSPS) is 23.7. The molecule has 0 aromatic heterocycles. The lowest BCUT2D eigenvalue weighted by molar-refractivity contribution is -0.0488. The van der Waals surface area contributed by atoms with Crippen LogP contribution in [0.1, 0.15) is 48.5 Å². The van der Waals surface area contributed by atoms with Crippen LogP contribution in [0.15, 0.2) is 0 Å². The van der Waals surface area contributed by atoms with Gasteiger partial charge in [-0.05, 0) is 48.5 Å². The quantitative estimate of drug-likeness (QED) is 0.731. The van der Waals surface area contributed by atoms with Crippen molar-refractivity contribution >= 4 is 12.2 Å². The van der Waals surface area contributed by atoms with Gasteiger partial charge in [0.2, 0.25) is 0 Å². The van der Waals surface area contributed by atoms with E-state index in [1.54, 1.807) is 9.80 Å². The fourth-order valence-corrected chi connectivity index (χ4v) is 2.93. The maximum absolute atomic E-state index is 12.4. The molecule has 2 aliphatic rings. The molecule has 0 aromatic rings. The highest BCUT2D eigenvalue weighted by Crippen LogP contribution is 2.29. The Labute approximate surface area is 144 Å². The molecule has 1 unspecified atom stereocenters. The minimum absolute atomic E-state index is 0.0565. The Hall–Kier alpha value is -1.50. The van der Waals surface area contributed by atoms with Crippen LogP contribution < -0.4 is 5.32 Å². The van der Waals surface area contributed by atoms with Gasteiger partial charge in [0, 0.05) is 32.2 Å². The molecule has 0 aromatic carbocycles. The lowest BCUT2D eigenvalue weighted by atomic mass is 9.86. The van der Waals surface area contributed by atoms with Crippen molar-refractivity contribution in [2.45, 2.75) is 71.2 Å². The summed E-state index contributed by atoms with van der Waals surface area (Å²) in [6.07, 6.45) is -0.607. The summed E-state index contributed by atoms with van der Waals surface area (Å²) < 4.78 is 10.9. The maximum atomic E-state index is 12.4. The zero-order valence-corrected chi connectivity index (χ0v) is 15.9. The lowest BCUT2D eigenvalue weighted by Gasteiger charge is -2.55. The van der Waals surface area contributed by atoms with Gasteiger partial charge in [-0.3, -0.25) is 0 Å². The van der Waals surface area contributed by atoms with E-state index < -0.39 is 11.2 Å². The molecule has 0 saturated carbocycles. The molecule has 138 valence electrons. The van der Waals surface area contributed by atoms with Gasteiger partial charge in [0.05, 0.1) is 5.54 Å². The molecule has 1 spiro atoms. The van der Waals surface area contributed by atoms with E-state index in [9.17, 15) is 9.59 Å². The molecule has 1 atom stereocenters. The van der Waals surface area contributed by atoms with E-state index in [1.165, 1.54) is 0 Å². The Kier molecular flexibility index (Phi) is 4.78. The minimum Gasteiger partial charge on any atom is -0.444 e. The Morgan fingerprint density at radius 3 is 1.96 bits per heavy atom. The zero-order chi connectivity index (χ0) is 18.3. The van der Waals surface area contributed by atoms with Crippen molar-refractivity contribution in [2.24, 2.45) is 0 Å². The molecule has 24 heavy (non-hydrogen) atoms. The van der Waals surface area contributed by atoms with Gasteiger partial charge >= 0.3 is 12.2 Å². The predicted octanol–water partition coefficient (Wildman–Crippen LogP) is 2.20. The van der Waals surface area contributed by atoms with Crippen molar-refractivity contribution in [2.75, 3.05) is 26.2 Å². The van der Waals surface area contributed by atoms with E-state index in [0.717, 1.165) is 0 Å². The number of rotatable bonds is 0. The third-order valence-corrected chi connectivity index (χ3v) is 4.04. The molecule has 2 fully saturated rings. The molecule has 2 saturated heterocycles. The topological polar surface area (TPSA) is 71.1 Å². The Bertz CT molecular complexity index is 501. The number of hydrogen-bond donors (Lipinski definition) is 1. The van der Waals surface area contributed by atoms with Gasteiger partial charge in [-0.25, -0.2) is 9.59 Å². The summed E-state index contributed by atoms with van der Waals surface area (Å²) in [7, 11) is 0. The second kappa shape index (κ2) is 6.10. The fraction of sp³-hybridized carbons (Fsp3) is 0.882. The number of nitrogens with zero attached hydrogens (tertiary/aromatic N) is 2. The smallest absolute Gasteiger partial charge is 0.410 e. The Morgan fingerprint density at radius 2 is 1.46 bits per heavy atom. The number of amides is 2. The van der Waals surface area contributed by atoms with E-state index in [-0.39, 0.29) is 23.8 Å². The summed E-state index contributed by atoms with van der Waals surface area (Å²) in [4.78, 5) is 28.0. The zero-order valence-electron chi connectivity index (χ0n) is 15.9. The van der Waals surface area contributed by atoms with E-state index in [4.69, 9.17) is 9.47 Å². The van der Waals surface area contributed by atoms with Gasteiger partial charge in [-0.1, -0.05) is 0 Å². The van der Waals surface area contributed by atoms with Crippen molar-refractivity contribution in [3.8, 4) is 0 Å². The Morgan fingerprint density at radius 1 is 0.958 bits per heavy atom. The van der Waals surface area contributed by atoms with E-state index in [1.807, 2.05) is 48.5 Å². The highest BCUT2D eigenvalue weighted by Gasteiger charge is 2.51. The molecule has 0 radical (unpaired) electrons. The maximum Gasteiger partial charge on any atom is 0.410 e. The van der Waals surface area contributed by atoms with Crippen LogP contribution in [0.25, 0.3) is 0 Å². The summed E-state index contributed by atoms with van der Waals surface area (Å²) in [6.45, 7) is 15.4. The molecule has 2 aliphatic heterocycles. The van der Waals surface area contributed by atoms with Crippen LogP contribution in [-0.4, -0.2) is 70.9 Å². The average Bonchev–Trinajstić information content (AvgIpc) is 2.32. The largest absolute Gasteiger partial charge is 0.444 e. The SMILES string of the molecule is CC1CNC2(CN(C(=O)OC(C)(C)C)C2)CN1C(=O)OC(C)(C)C. The number of carbonyl (C=O) groups excluding carboxylic acids is 2. The number of carbonyl (C=O) groups is 2. The molecule has 2 rings (SSSR count). The van der Waals surface area contributed by atoms with Crippen LogP contribution in [0, 0.1) is 0 Å². The minimum atomic E-state index is -0.517. The highest BCUT2D eigenvalue weighted by molar-refractivity contribution is 5.71. The van der Waals surface area contributed by atoms with Crippen molar-refractivity contribution < 1.29 is 19.1 Å². The van der Waals surface area contributed by atoms with Crippen molar-refractivity contribution in [1.29, 1.82) is 0 Å². The number of piperazine rings is 1. The third kappa shape index (κ3) is 4.53.